The highest BCUT2D eigenvalue weighted by molar-refractivity contribution is 6.31. The highest BCUT2D eigenvalue weighted by Gasteiger charge is 2.09. The van der Waals surface area contributed by atoms with Crippen LogP contribution >= 0.6 is 11.6 Å². The fourth-order valence-electron chi connectivity index (χ4n) is 2.26. The number of aromatic nitrogens is 2. The first kappa shape index (κ1) is 18.6. The van der Waals surface area contributed by atoms with Crippen molar-refractivity contribution in [1.29, 1.82) is 0 Å². The molecule has 0 aliphatic heterocycles. The van der Waals surface area contributed by atoms with Crippen LogP contribution in [0.5, 0.6) is 0 Å². The molecule has 27 heavy (non-hydrogen) atoms. The average molecular weight is 386 g/mol. The van der Waals surface area contributed by atoms with Crippen LogP contribution in [0.4, 0.5) is 27.4 Å². The second kappa shape index (κ2) is 8.01. The fraction of sp³-hybridized carbons (Fsp3) is 0.105. The number of nitrogens with one attached hydrogen (secondary N) is 2. The SMILES string of the molecule is CN(C)c1ccc(Nc2ncc(C(=O)Nc3ccc(F)c(Cl)c3)cn2)cc1. The van der Waals surface area contributed by atoms with Crippen LogP contribution in [0.25, 0.3) is 0 Å². The second-order valence-corrected chi connectivity index (χ2v) is 6.35. The molecule has 6 nitrogen and oxygen atoms in total. The van der Waals surface area contributed by atoms with Crippen LogP contribution < -0.4 is 15.5 Å². The Balaban J connectivity index is 1.65. The van der Waals surface area contributed by atoms with E-state index in [0.29, 0.717) is 11.6 Å². The minimum absolute atomic E-state index is 0.0658. The summed E-state index contributed by atoms with van der Waals surface area (Å²) in [6.45, 7) is 0. The highest BCUT2D eigenvalue weighted by atomic mass is 35.5. The zero-order valence-corrected chi connectivity index (χ0v) is 15.5. The van der Waals surface area contributed by atoms with Gasteiger partial charge in [0, 0.05) is 43.6 Å². The van der Waals surface area contributed by atoms with Crippen molar-refractivity contribution in [2.75, 3.05) is 29.6 Å². The van der Waals surface area contributed by atoms with Crippen molar-refractivity contribution in [2.45, 2.75) is 0 Å². The van der Waals surface area contributed by atoms with Crippen LogP contribution in [0.2, 0.25) is 5.02 Å². The summed E-state index contributed by atoms with van der Waals surface area (Å²) in [6.07, 6.45) is 2.81. The number of hydrogen-bond acceptors (Lipinski definition) is 5. The van der Waals surface area contributed by atoms with E-state index in [0.717, 1.165) is 11.4 Å². The Kier molecular flexibility index (Phi) is 5.52. The van der Waals surface area contributed by atoms with Gasteiger partial charge < -0.3 is 15.5 Å². The zero-order valence-electron chi connectivity index (χ0n) is 14.7. The third kappa shape index (κ3) is 4.71. The van der Waals surface area contributed by atoms with Gasteiger partial charge in [-0.15, -0.1) is 0 Å². The van der Waals surface area contributed by atoms with Crippen molar-refractivity contribution in [3.63, 3.8) is 0 Å². The zero-order chi connectivity index (χ0) is 19.4. The molecule has 0 saturated heterocycles. The summed E-state index contributed by atoms with van der Waals surface area (Å²) in [5, 5.41) is 5.62. The van der Waals surface area contributed by atoms with Crippen LogP contribution in [-0.2, 0) is 0 Å². The van der Waals surface area contributed by atoms with E-state index < -0.39 is 11.7 Å². The summed E-state index contributed by atoms with van der Waals surface area (Å²) >= 11 is 5.71. The Morgan fingerprint density at radius 3 is 2.26 bits per heavy atom. The molecular formula is C19H17ClFN5O. The van der Waals surface area contributed by atoms with Gasteiger partial charge in [-0.05, 0) is 42.5 Å². The maximum absolute atomic E-state index is 13.2. The molecule has 8 heteroatoms. The highest BCUT2D eigenvalue weighted by Crippen LogP contribution is 2.20. The molecule has 2 aromatic carbocycles. The van der Waals surface area contributed by atoms with Crippen LogP contribution in [0.3, 0.4) is 0 Å². The summed E-state index contributed by atoms with van der Waals surface area (Å²) in [4.78, 5) is 22.5. The Hall–Kier alpha value is -3.19. The first-order valence-electron chi connectivity index (χ1n) is 8.05. The average Bonchev–Trinajstić information content (AvgIpc) is 2.66. The van der Waals surface area contributed by atoms with Gasteiger partial charge >= 0.3 is 0 Å². The molecule has 2 N–H and O–H groups in total. The lowest BCUT2D eigenvalue weighted by atomic mass is 10.2. The number of benzene rings is 2. The summed E-state index contributed by atoms with van der Waals surface area (Å²) in [6, 6.07) is 11.7. The number of carbonyl (C=O) groups excluding carboxylic acids is 1. The lowest BCUT2D eigenvalue weighted by molar-refractivity contribution is 0.102. The Bertz CT molecular complexity index is 945. The first-order chi connectivity index (χ1) is 12.9. The molecule has 0 bridgehead atoms. The largest absolute Gasteiger partial charge is 0.378 e. The smallest absolute Gasteiger partial charge is 0.258 e. The van der Waals surface area contributed by atoms with Gasteiger partial charge in [-0.2, -0.15) is 0 Å². The third-order valence-electron chi connectivity index (χ3n) is 3.73. The van der Waals surface area contributed by atoms with Crippen molar-refractivity contribution in [3.05, 3.63) is 71.3 Å². The molecule has 0 atom stereocenters. The predicted octanol–water partition coefficient (Wildman–Crippen LogP) is 4.33. The van der Waals surface area contributed by atoms with Gasteiger partial charge in [0.15, 0.2) is 0 Å². The van der Waals surface area contributed by atoms with Gasteiger partial charge in [0.05, 0.1) is 10.6 Å². The molecule has 0 unspecified atom stereocenters. The van der Waals surface area contributed by atoms with Gasteiger partial charge in [0.2, 0.25) is 5.95 Å². The number of anilines is 4. The molecule has 1 amide bonds. The molecule has 1 aromatic heterocycles. The van der Waals surface area contributed by atoms with Crippen LogP contribution in [0, 0.1) is 5.82 Å². The number of nitrogens with zero attached hydrogens (tertiary/aromatic N) is 3. The number of amides is 1. The van der Waals surface area contributed by atoms with E-state index in [4.69, 9.17) is 11.6 Å². The van der Waals surface area contributed by atoms with Gasteiger partial charge in [-0.3, -0.25) is 4.79 Å². The molecular weight excluding hydrogens is 369 g/mol. The Morgan fingerprint density at radius 1 is 1.04 bits per heavy atom. The van der Waals surface area contributed by atoms with Gasteiger partial charge in [-0.1, -0.05) is 11.6 Å². The monoisotopic (exact) mass is 385 g/mol. The molecule has 3 aromatic rings. The molecule has 0 aliphatic carbocycles. The number of carbonyl (C=O) groups is 1. The standard InChI is InChI=1S/C19H17ClFN5O/c1-26(2)15-6-3-13(4-7-15)25-19-22-10-12(11-23-19)18(27)24-14-5-8-17(21)16(20)9-14/h3-11H,1-2H3,(H,24,27)(H,22,23,25). The first-order valence-corrected chi connectivity index (χ1v) is 8.43. The molecule has 1 heterocycles. The van der Waals surface area contributed by atoms with Crippen LogP contribution in [-0.4, -0.2) is 30.0 Å². The van der Waals surface area contributed by atoms with E-state index in [1.807, 2.05) is 43.3 Å². The van der Waals surface area contributed by atoms with Crippen molar-refractivity contribution >= 4 is 40.5 Å². The van der Waals surface area contributed by atoms with E-state index in [1.54, 1.807) is 0 Å². The Labute approximate surface area is 161 Å². The number of hydrogen-bond donors (Lipinski definition) is 2. The van der Waals surface area contributed by atoms with Crippen molar-refractivity contribution < 1.29 is 9.18 Å². The van der Waals surface area contributed by atoms with Crippen LogP contribution in [0.1, 0.15) is 10.4 Å². The van der Waals surface area contributed by atoms with E-state index >= 15 is 0 Å². The van der Waals surface area contributed by atoms with E-state index in [2.05, 4.69) is 20.6 Å². The van der Waals surface area contributed by atoms with Gasteiger partial charge in [0.1, 0.15) is 5.82 Å². The predicted molar refractivity (Wildman–Crippen MR) is 105 cm³/mol. The topological polar surface area (TPSA) is 70.2 Å². The van der Waals surface area contributed by atoms with Crippen LogP contribution in [0.15, 0.2) is 54.9 Å². The molecule has 0 aliphatic rings. The number of rotatable bonds is 5. The molecule has 0 radical (unpaired) electrons. The third-order valence-corrected chi connectivity index (χ3v) is 4.02. The molecule has 0 spiro atoms. The molecule has 3 rings (SSSR count). The lowest BCUT2D eigenvalue weighted by Crippen LogP contribution is -2.13. The summed E-state index contributed by atoms with van der Waals surface area (Å²) < 4.78 is 13.2. The quantitative estimate of drug-likeness (QED) is 0.684. The summed E-state index contributed by atoms with van der Waals surface area (Å²) in [5.41, 5.74) is 2.56. The lowest BCUT2D eigenvalue weighted by Gasteiger charge is -2.13. The molecule has 0 fully saturated rings. The summed E-state index contributed by atoms with van der Waals surface area (Å²) in [7, 11) is 3.93. The molecule has 0 saturated carbocycles. The summed E-state index contributed by atoms with van der Waals surface area (Å²) in [5.74, 6) is -0.597. The maximum atomic E-state index is 13.2. The minimum atomic E-state index is -0.549. The van der Waals surface area contributed by atoms with Crippen molar-refractivity contribution in [3.8, 4) is 0 Å². The minimum Gasteiger partial charge on any atom is -0.378 e. The fourth-order valence-corrected chi connectivity index (χ4v) is 2.44. The second-order valence-electron chi connectivity index (χ2n) is 5.94. The Morgan fingerprint density at radius 2 is 1.67 bits per heavy atom. The van der Waals surface area contributed by atoms with Crippen molar-refractivity contribution in [1.82, 2.24) is 9.97 Å². The number of halogens is 2. The van der Waals surface area contributed by atoms with Gasteiger partial charge in [-0.25, -0.2) is 14.4 Å². The van der Waals surface area contributed by atoms with E-state index in [9.17, 15) is 9.18 Å². The molecule has 138 valence electrons. The maximum Gasteiger partial charge on any atom is 0.258 e. The van der Waals surface area contributed by atoms with Gasteiger partial charge in [0.25, 0.3) is 5.91 Å². The normalized spacial score (nSPS) is 10.4. The van der Waals surface area contributed by atoms with E-state index in [1.165, 1.54) is 30.6 Å². The van der Waals surface area contributed by atoms with Crippen molar-refractivity contribution in [2.24, 2.45) is 0 Å². The van der Waals surface area contributed by atoms with E-state index in [-0.39, 0.29) is 10.6 Å².